The smallest absolute Gasteiger partial charge is 0.338 e. The van der Waals surface area contributed by atoms with Gasteiger partial charge in [-0.25, -0.2) is 18.6 Å². The molecule has 1 rings (SSSR count). The van der Waals surface area contributed by atoms with Crippen LogP contribution in [0.15, 0.2) is 12.1 Å². The zero-order chi connectivity index (χ0) is 15.3. The standard InChI is InChI=1S/C14H20F2N2O2/c1-5-9(2)17-12-7-10(13(19)20-4)6-11(18-12)8-14(3,15)16/h6-7,9H,5,8H2,1-4H3,(H,17,18). The molecule has 1 heterocycles. The van der Waals surface area contributed by atoms with Crippen molar-refractivity contribution in [3.63, 3.8) is 0 Å². The fourth-order valence-electron chi connectivity index (χ4n) is 1.66. The summed E-state index contributed by atoms with van der Waals surface area (Å²) in [4.78, 5) is 15.7. The van der Waals surface area contributed by atoms with Gasteiger partial charge in [0.05, 0.1) is 19.1 Å². The summed E-state index contributed by atoms with van der Waals surface area (Å²) < 4.78 is 30.8. The maximum absolute atomic E-state index is 13.1. The monoisotopic (exact) mass is 286 g/mol. The van der Waals surface area contributed by atoms with Crippen LogP contribution in [0.25, 0.3) is 0 Å². The van der Waals surface area contributed by atoms with Crippen LogP contribution in [-0.2, 0) is 11.2 Å². The van der Waals surface area contributed by atoms with Gasteiger partial charge in [0.1, 0.15) is 5.82 Å². The lowest BCUT2D eigenvalue weighted by Crippen LogP contribution is -2.19. The lowest BCUT2D eigenvalue weighted by molar-refractivity contribution is 0.0215. The Morgan fingerprint density at radius 1 is 1.50 bits per heavy atom. The van der Waals surface area contributed by atoms with Crippen molar-refractivity contribution in [2.75, 3.05) is 12.4 Å². The number of ether oxygens (including phenoxy) is 1. The average Bonchev–Trinajstić information content (AvgIpc) is 2.35. The number of hydrogen-bond donors (Lipinski definition) is 1. The molecule has 4 nitrogen and oxygen atoms in total. The zero-order valence-corrected chi connectivity index (χ0v) is 12.2. The maximum Gasteiger partial charge on any atom is 0.338 e. The third-order valence-corrected chi connectivity index (χ3v) is 2.80. The van der Waals surface area contributed by atoms with Crippen LogP contribution < -0.4 is 5.32 Å². The number of rotatable bonds is 6. The largest absolute Gasteiger partial charge is 0.465 e. The molecule has 1 N–H and O–H groups in total. The minimum Gasteiger partial charge on any atom is -0.465 e. The molecular formula is C14H20F2N2O2. The van der Waals surface area contributed by atoms with Crippen molar-refractivity contribution in [2.45, 2.75) is 45.6 Å². The summed E-state index contributed by atoms with van der Waals surface area (Å²) in [7, 11) is 1.25. The number of nitrogens with zero attached hydrogens (tertiary/aromatic N) is 1. The van der Waals surface area contributed by atoms with E-state index in [1.165, 1.54) is 19.2 Å². The zero-order valence-electron chi connectivity index (χ0n) is 12.2. The van der Waals surface area contributed by atoms with Crippen LogP contribution in [0.5, 0.6) is 0 Å². The summed E-state index contributed by atoms with van der Waals surface area (Å²) in [5.74, 6) is -3.04. The van der Waals surface area contributed by atoms with E-state index in [1.807, 2.05) is 13.8 Å². The molecule has 0 aliphatic heterocycles. The van der Waals surface area contributed by atoms with Gasteiger partial charge in [0.25, 0.3) is 5.92 Å². The van der Waals surface area contributed by atoms with Crippen molar-refractivity contribution >= 4 is 11.8 Å². The number of aromatic nitrogens is 1. The highest BCUT2D eigenvalue weighted by atomic mass is 19.3. The van der Waals surface area contributed by atoms with Gasteiger partial charge >= 0.3 is 5.97 Å². The fraction of sp³-hybridized carbons (Fsp3) is 0.571. The molecule has 1 atom stereocenters. The molecule has 0 bridgehead atoms. The Morgan fingerprint density at radius 2 is 2.15 bits per heavy atom. The molecule has 1 aromatic heterocycles. The molecule has 1 unspecified atom stereocenters. The normalized spacial score (nSPS) is 12.9. The first-order valence-corrected chi connectivity index (χ1v) is 6.48. The van der Waals surface area contributed by atoms with E-state index < -0.39 is 18.3 Å². The molecule has 6 heteroatoms. The number of nitrogens with one attached hydrogen (secondary N) is 1. The van der Waals surface area contributed by atoms with Crippen LogP contribution in [0.4, 0.5) is 14.6 Å². The number of hydrogen-bond acceptors (Lipinski definition) is 4. The molecule has 1 aromatic rings. The topological polar surface area (TPSA) is 51.2 Å². The summed E-state index contributed by atoms with van der Waals surface area (Å²) in [6.07, 6.45) is 0.330. The van der Waals surface area contributed by atoms with E-state index in [-0.39, 0.29) is 17.3 Å². The Labute approximate surface area is 117 Å². The predicted molar refractivity (Wildman–Crippen MR) is 73.3 cm³/mol. The van der Waals surface area contributed by atoms with Gasteiger partial charge < -0.3 is 10.1 Å². The molecule has 0 amide bonds. The molecule has 0 spiro atoms. The SMILES string of the molecule is CCC(C)Nc1cc(C(=O)OC)cc(CC(C)(F)F)n1. The van der Waals surface area contributed by atoms with Gasteiger partial charge in [0.2, 0.25) is 0 Å². The summed E-state index contributed by atoms with van der Waals surface area (Å²) in [6, 6.07) is 2.98. The van der Waals surface area contributed by atoms with Crippen LogP contribution in [0.1, 0.15) is 43.2 Å². The van der Waals surface area contributed by atoms with E-state index in [9.17, 15) is 13.6 Å². The number of anilines is 1. The minimum absolute atomic E-state index is 0.130. The first kappa shape index (κ1) is 16.3. The molecule has 0 saturated heterocycles. The molecule has 0 fully saturated rings. The third-order valence-electron chi connectivity index (χ3n) is 2.80. The van der Waals surface area contributed by atoms with E-state index in [4.69, 9.17) is 0 Å². The van der Waals surface area contributed by atoms with Crippen molar-refractivity contribution in [1.82, 2.24) is 4.98 Å². The number of methoxy groups -OCH3 is 1. The Morgan fingerprint density at radius 3 is 2.65 bits per heavy atom. The first-order chi connectivity index (χ1) is 9.25. The Hall–Kier alpha value is -1.72. The third kappa shape index (κ3) is 5.11. The highest BCUT2D eigenvalue weighted by Crippen LogP contribution is 2.21. The van der Waals surface area contributed by atoms with Gasteiger partial charge in [-0.1, -0.05) is 6.92 Å². The summed E-state index contributed by atoms with van der Waals surface area (Å²) >= 11 is 0. The van der Waals surface area contributed by atoms with Gasteiger partial charge in [0, 0.05) is 11.7 Å². The van der Waals surface area contributed by atoms with E-state index in [0.29, 0.717) is 5.82 Å². The molecule has 0 aliphatic carbocycles. The van der Waals surface area contributed by atoms with Crippen molar-refractivity contribution in [2.24, 2.45) is 0 Å². The van der Waals surface area contributed by atoms with Crippen molar-refractivity contribution < 1.29 is 18.3 Å². The van der Waals surface area contributed by atoms with Crippen molar-refractivity contribution in [3.8, 4) is 0 Å². The second kappa shape index (κ2) is 6.63. The van der Waals surface area contributed by atoms with Crippen LogP contribution in [0, 0.1) is 0 Å². The van der Waals surface area contributed by atoms with E-state index in [1.54, 1.807) is 0 Å². The van der Waals surface area contributed by atoms with Crippen LogP contribution in [-0.4, -0.2) is 30.0 Å². The van der Waals surface area contributed by atoms with Gasteiger partial charge in [-0.3, -0.25) is 0 Å². The minimum atomic E-state index is -2.88. The van der Waals surface area contributed by atoms with Crippen molar-refractivity contribution in [3.05, 3.63) is 23.4 Å². The van der Waals surface area contributed by atoms with Crippen molar-refractivity contribution in [1.29, 1.82) is 0 Å². The lowest BCUT2D eigenvalue weighted by Gasteiger charge is -2.15. The Kier molecular flexibility index (Phi) is 5.42. The number of carbonyl (C=O) groups excluding carboxylic acids is 1. The second-order valence-corrected chi connectivity index (χ2v) is 4.92. The molecule has 20 heavy (non-hydrogen) atoms. The lowest BCUT2D eigenvalue weighted by atomic mass is 10.1. The average molecular weight is 286 g/mol. The molecule has 112 valence electrons. The summed E-state index contributed by atoms with van der Waals surface area (Å²) in [6.45, 7) is 4.75. The number of halogens is 2. The number of alkyl halides is 2. The van der Waals surface area contributed by atoms with Crippen LogP contribution in [0.3, 0.4) is 0 Å². The van der Waals surface area contributed by atoms with Gasteiger partial charge in [-0.2, -0.15) is 0 Å². The maximum atomic E-state index is 13.1. The highest BCUT2D eigenvalue weighted by Gasteiger charge is 2.24. The molecule has 0 saturated carbocycles. The van der Waals surface area contributed by atoms with Crippen LogP contribution in [0.2, 0.25) is 0 Å². The van der Waals surface area contributed by atoms with E-state index >= 15 is 0 Å². The first-order valence-electron chi connectivity index (χ1n) is 6.48. The number of carbonyl (C=O) groups is 1. The molecule has 0 radical (unpaired) electrons. The highest BCUT2D eigenvalue weighted by molar-refractivity contribution is 5.90. The second-order valence-electron chi connectivity index (χ2n) is 4.92. The van der Waals surface area contributed by atoms with E-state index in [0.717, 1.165) is 13.3 Å². The predicted octanol–water partition coefficient (Wildman–Crippen LogP) is 3.28. The van der Waals surface area contributed by atoms with Gasteiger partial charge in [-0.15, -0.1) is 0 Å². The molecular weight excluding hydrogens is 266 g/mol. The molecule has 0 aliphatic rings. The quantitative estimate of drug-likeness (QED) is 0.815. The van der Waals surface area contributed by atoms with Crippen LogP contribution >= 0.6 is 0 Å². The Balaban J connectivity index is 3.10. The van der Waals surface area contributed by atoms with Gasteiger partial charge in [-0.05, 0) is 32.4 Å². The molecule has 0 aromatic carbocycles. The van der Waals surface area contributed by atoms with Gasteiger partial charge in [0.15, 0.2) is 0 Å². The summed E-state index contributed by atoms with van der Waals surface area (Å²) in [5.41, 5.74) is 0.374. The Bertz CT molecular complexity index is 473. The fourth-order valence-corrected chi connectivity index (χ4v) is 1.66. The number of pyridine rings is 1. The van der Waals surface area contributed by atoms with E-state index in [2.05, 4.69) is 15.0 Å². The summed E-state index contributed by atoms with van der Waals surface area (Å²) in [5, 5.41) is 3.07. The number of esters is 1.